The van der Waals surface area contributed by atoms with Crippen molar-refractivity contribution in [2.45, 2.75) is 31.2 Å². The second-order valence-electron chi connectivity index (χ2n) is 3.59. The minimum Gasteiger partial charge on any atom is -0.264 e. The zero-order chi connectivity index (χ0) is 8.02. The average Bonchev–Trinajstić information content (AvgIpc) is 2.54. The van der Waals surface area contributed by atoms with E-state index in [9.17, 15) is 0 Å². The maximum Gasteiger partial charge on any atom is 0.138 e. The van der Waals surface area contributed by atoms with Crippen molar-refractivity contribution in [2.24, 2.45) is 4.99 Å². The molecule has 0 aromatic carbocycles. The molecule has 4 heteroatoms. The van der Waals surface area contributed by atoms with Gasteiger partial charge in [0.2, 0.25) is 0 Å². The topological polar surface area (TPSA) is 43.1 Å². The summed E-state index contributed by atoms with van der Waals surface area (Å²) in [7, 11) is 0. The van der Waals surface area contributed by atoms with E-state index in [1.165, 1.54) is 19.3 Å². The fraction of sp³-hybridized carbons (Fsp3) is 0.625. The van der Waals surface area contributed by atoms with Crippen LogP contribution in [0, 0.1) is 0 Å². The van der Waals surface area contributed by atoms with Crippen molar-refractivity contribution in [3.05, 3.63) is 12.7 Å². The van der Waals surface area contributed by atoms with E-state index < -0.39 is 0 Å². The Labute approximate surface area is 70.3 Å². The molecule has 1 aromatic heterocycles. The van der Waals surface area contributed by atoms with Gasteiger partial charge in [-0.15, -0.1) is 0 Å². The molecule has 0 atom stereocenters. The van der Waals surface area contributed by atoms with Crippen LogP contribution < -0.4 is 0 Å². The van der Waals surface area contributed by atoms with E-state index in [0.717, 1.165) is 12.3 Å². The molecule has 62 valence electrons. The fourth-order valence-electron chi connectivity index (χ4n) is 1.74. The molecule has 1 aliphatic carbocycles. The molecule has 0 radical (unpaired) electrons. The lowest BCUT2D eigenvalue weighted by atomic mass is 10.2. The monoisotopic (exact) mass is 162 g/mol. The number of aromatic nitrogens is 3. The van der Waals surface area contributed by atoms with Crippen LogP contribution in [0.15, 0.2) is 17.6 Å². The van der Waals surface area contributed by atoms with Gasteiger partial charge in [0.1, 0.15) is 18.5 Å². The first-order chi connectivity index (χ1) is 5.88. The second kappa shape index (κ2) is 1.94. The Morgan fingerprint density at radius 1 is 1.33 bits per heavy atom. The number of hydrogen-bond donors (Lipinski definition) is 0. The highest BCUT2D eigenvalue weighted by atomic mass is 15.4. The summed E-state index contributed by atoms with van der Waals surface area (Å²) in [5.41, 5.74) is 0.335. The van der Waals surface area contributed by atoms with Gasteiger partial charge in [-0.3, -0.25) is 4.99 Å². The van der Waals surface area contributed by atoms with Crippen molar-refractivity contribution >= 4 is 5.84 Å². The van der Waals surface area contributed by atoms with Crippen LogP contribution in [0.2, 0.25) is 0 Å². The Morgan fingerprint density at radius 3 is 2.83 bits per heavy atom. The number of hydrogen-bond acceptors (Lipinski definition) is 3. The van der Waals surface area contributed by atoms with Gasteiger partial charge in [0.25, 0.3) is 0 Å². The predicted octanol–water partition coefficient (Wildman–Crippen LogP) is 0.851. The van der Waals surface area contributed by atoms with E-state index in [0.29, 0.717) is 5.54 Å². The van der Waals surface area contributed by atoms with E-state index >= 15 is 0 Å². The van der Waals surface area contributed by atoms with Crippen molar-refractivity contribution < 1.29 is 0 Å². The van der Waals surface area contributed by atoms with Crippen molar-refractivity contribution in [1.29, 1.82) is 0 Å². The molecule has 1 fully saturated rings. The van der Waals surface area contributed by atoms with Gasteiger partial charge in [-0.25, -0.2) is 9.67 Å². The highest BCUT2D eigenvalue weighted by molar-refractivity contribution is 5.86. The lowest BCUT2D eigenvalue weighted by Gasteiger charge is -1.96. The summed E-state index contributed by atoms with van der Waals surface area (Å²) < 4.78 is 1.78. The van der Waals surface area contributed by atoms with E-state index in [2.05, 4.69) is 15.1 Å². The van der Waals surface area contributed by atoms with Crippen molar-refractivity contribution in [3.8, 4) is 0 Å². The SMILES string of the molecule is c1ncn(C2=NC3(CC2)CC3)n1. The molecule has 12 heavy (non-hydrogen) atoms. The van der Waals surface area contributed by atoms with Gasteiger partial charge in [-0.1, -0.05) is 0 Å². The molecule has 1 aliphatic heterocycles. The maximum absolute atomic E-state index is 4.65. The largest absolute Gasteiger partial charge is 0.264 e. The molecule has 0 saturated heterocycles. The molecule has 4 nitrogen and oxygen atoms in total. The van der Waals surface area contributed by atoms with E-state index in [4.69, 9.17) is 0 Å². The van der Waals surface area contributed by atoms with Crippen LogP contribution >= 0.6 is 0 Å². The Bertz CT molecular complexity index is 321. The summed E-state index contributed by atoms with van der Waals surface area (Å²) in [6.07, 6.45) is 8.09. The minimum absolute atomic E-state index is 0.335. The molecule has 2 heterocycles. The van der Waals surface area contributed by atoms with Crippen LogP contribution in [0.5, 0.6) is 0 Å². The summed E-state index contributed by atoms with van der Waals surface area (Å²) in [6, 6.07) is 0. The van der Waals surface area contributed by atoms with Crippen LogP contribution in [-0.4, -0.2) is 26.1 Å². The van der Waals surface area contributed by atoms with Crippen molar-refractivity contribution in [1.82, 2.24) is 14.8 Å². The Morgan fingerprint density at radius 2 is 2.25 bits per heavy atom. The quantitative estimate of drug-likeness (QED) is 0.567. The van der Waals surface area contributed by atoms with Crippen LogP contribution in [0.3, 0.4) is 0 Å². The van der Waals surface area contributed by atoms with Crippen molar-refractivity contribution in [2.75, 3.05) is 0 Å². The van der Waals surface area contributed by atoms with E-state index in [1.54, 1.807) is 17.3 Å². The number of rotatable bonds is 0. The lowest BCUT2D eigenvalue weighted by molar-refractivity contribution is 0.675. The summed E-state index contributed by atoms with van der Waals surface area (Å²) in [6.45, 7) is 0. The first-order valence-corrected chi connectivity index (χ1v) is 4.32. The third-order valence-electron chi connectivity index (χ3n) is 2.69. The van der Waals surface area contributed by atoms with Gasteiger partial charge >= 0.3 is 0 Å². The van der Waals surface area contributed by atoms with E-state index in [-0.39, 0.29) is 0 Å². The average molecular weight is 162 g/mol. The molecular weight excluding hydrogens is 152 g/mol. The van der Waals surface area contributed by atoms with Gasteiger partial charge in [-0.05, 0) is 19.3 Å². The first-order valence-electron chi connectivity index (χ1n) is 4.32. The Hall–Kier alpha value is -1.19. The zero-order valence-electron chi connectivity index (χ0n) is 6.77. The minimum atomic E-state index is 0.335. The maximum atomic E-state index is 4.65. The highest BCUT2D eigenvalue weighted by Crippen LogP contribution is 2.47. The van der Waals surface area contributed by atoms with Crippen LogP contribution in [-0.2, 0) is 0 Å². The smallest absolute Gasteiger partial charge is 0.138 e. The first kappa shape index (κ1) is 6.34. The molecule has 1 aromatic rings. The predicted molar refractivity (Wildman–Crippen MR) is 44.1 cm³/mol. The molecule has 0 amide bonds. The summed E-state index contributed by atoms with van der Waals surface area (Å²) in [5.74, 6) is 1.09. The number of nitrogens with zero attached hydrogens (tertiary/aromatic N) is 4. The van der Waals surface area contributed by atoms with Gasteiger partial charge < -0.3 is 0 Å². The molecule has 3 rings (SSSR count). The zero-order valence-corrected chi connectivity index (χ0v) is 6.77. The normalized spacial score (nSPS) is 24.5. The Kier molecular flexibility index (Phi) is 1.03. The van der Waals surface area contributed by atoms with Gasteiger partial charge in [0.15, 0.2) is 0 Å². The Balaban J connectivity index is 1.95. The van der Waals surface area contributed by atoms with Gasteiger partial charge in [0, 0.05) is 6.42 Å². The molecule has 1 spiro atoms. The third kappa shape index (κ3) is 0.807. The fourth-order valence-corrected chi connectivity index (χ4v) is 1.74. The molecule has 0 bridgehead atoms. The van der Waals surface area contributed by atoms with Crippen molar-refractivity contribution in [3.63, 3.8) is 0 Å². The van der Waals surface area contributed by atoms with Gasteiger partial charge in [-0.2, -0.15) is 5.10 Å². The second-order valence-corrected chi connectivity index (χ2v) is 3.59. The summed E-state index contributed by atoms with van der Waals surface area (Å²) in [4.78, 5) is 8.56. The molecule has 0 unspecified atom stereocenters. The highest BCUT2D eigenvalue weighted by Gasteiger charge is 2.46. The van der Waals surface area contributed by atoms with Crippen LogP contribution in [0.4, 0.5) is 0 Å². The molecular formula is C8H10N4. The lowest BCUT2D eigenvalue weighted by Crippen LogP contribution is -2.08. The molecule has 0 N–H and O–H groups in total. The summed E-state index contributed by atoms with van der Waals surface area (Å²) in [5, 5.41) is 4.07. The standard InChI is InChI=1S/C8H10N4/c1-2-8(3-4-8)11-7(1)12-6-9-5-10-12/h5-6H,1-4H2. The van der Waals surface area contributed by atoms with E-state index in [1.807, 2.05) is 0 Å². The molecule has 1 saturated carbocycles. The summed E-state index contributed by atoms with van der Waals surface area (Å²) >= 11 is 0. The van der Waals surface area contributed by atoms with Crippen LogP contribution in [0.25, 0.3) is 0 Å². The third-order valence-corrected chi connectivity index (χ3v) is 2.69. The van der Waals surface area contributed by atoms with Gasteiger partial charge in [0.05, 0.1) is 5.54 Å². The molecule has 2 aliphatic rings. The van der Waals surface area contributed by atoms with Crippen LogP contribution in [0.1, 0.15) is 25.7 Å². The number of aliphatic imine (C=N–C) groups is 1.